The van der Waals surface area contributed by atoms with Crippen molar-refractivity contribution in [2.75, 3.05) is 0 Å². The second kappa shape index (κ2) is 6.41. The number of pyridine rings is 1. The van der Waals surface area contributed by atoms with Crippen molar-refractivity contribution in [2.24, 2.45) is 0 Å². The Hall–Kier alpha value is -2.95. The van der Waals surface area contributed by atoms with Gasteiger partial charge >= 0.3 is 5.82 Å². The zero-order valence-corrected chi connectivity index (χ0v) is 15.2. The van der Waals surface area contributed by atoms with Gasteiger partial charge in [0, 0.05) is 5.56 Å². The van der Waals surface area contributed by atoms with E-state index >= 15 is 0 Å². The van der Waals surface area contributed by atoms with Gasteiger partial charge in [-0.3, -0.25) is 0 Å². The van der Waals surface area contributed by atoms with E-state index in [1.54, 1.807) is 40.9 Å². The Labute approximate surface area is 159 Å². The van der Waals surface area contributed by atoms with Crippen molar-refractivity contribution in [3.63, 3.8) is 0 Å². The fourth-order valence-electron chi connectivity index (χ4n) is 2.58. The summed E-state index contributed by atoms with van der Waals surface area (Å²) in [4.78, 5) is 19.0. The molecule has 26 heavy (non-hydrogen) atoms. The molecule has 0 saturated heterocycles. The average molecular weight is 461 g/mol. The topological polar surface area (TPSA) is 86.2 Å². The minimum Gasteiger partial charge on any atom is -0.358 e. The molecular weight excluding hydrogens is 452 g/mol. The summed E-state index contributed by atoms with van der Waals surface area (Å²) < 4.78 is 15.3. The molecule has 0 saturated carbocycles. The van der Waals surface area contributed by atoms with Crippen molar-refractivity contribution >= 4 is 34.1 Å². The maximum atomic E-state index is 13.1. The Kier molecular flexibility index (Phi) is 4.07. The highest BCUT2D eigenvalue weighted by atomic mass is 127. The van der Waals surface area contributed by atoms with Crippen molar-refractivity contribution in [2.45, 2.75) is 0 Å². The SMILES string of the molecule is O=[N+]([O-])c1ncccc1-c1nc2ccc(-c3ccc(F)cc3)nn2c1I. The molecule has 0 spiro atoms. The summed E-state index contributed by atoms with van der Waals surface area (Å²) in [6, 6.07) is 12.8. The number of halogens is 2. The second-order valence-corrected chi connectivity index (χ2v) is 6.40. The normalized spacial score (nSPS) is 11.0. The molecule has 3 heterocycles. The van der Waals surface area contributed by atoms with Gasteiger partial charge in [-0.05, 0) is 81.0 Å². The average Bonchev–Trinajstić information content (AvgIpc) is 2.98. The van der Waals surface area contributed by atoms with Crippen molar-refractivity contribution in [3.8, 4) is 22.5 Å². The molecule has 3 aromatic heterocycles. The van der Waals surface area contributed by atoms with E-state index < -0.39 is 4.92 Å². The van der Waals surface area contributed by atoms with Crippen LogP contribution in [-0.2, 0) is 0 Å². The number of nitro groups is 1. The summed E-state index contributed by atoms with van der Waals surface area (Å²) in [6.45, 7) is 0. The Morgan fingerprint density at radius 3 is 2.62 bits per heavy atom. The van der Waals surface area contributed by atoms with E-state index in [4.69, 9.17) is 0 Å². The highest BCUT2D eigenvalue weighted by Gasteiger charge is 2.22. The smallest absolute Gasteiger partial charge is 0.358 e. The lowest BCUT2D eigenvalue weighted by molar-refractivity contribution is -0.388. The Balaban J connectivity index is 1.88. The molecule has 0 radical (unpaired) electrons. The Bertz CT molecular complexity index is 1140. The lowest BCUT2D eigenvalue weighted by Crippen LogP contribution is -1.98. The quantitative estimate of drug-likeness (QED) is 0.261. The van der Waals surface area contributed by atoms with Gasteiger partial charge in [-0.25, -0.2) is 13.9 Å². The number of hydrogen-bond acceptors (Lipinski definition) is 5. The van der Waals surface area contributed by atoms with Crippen molar-refractivity contribution < 1.29 is 9.31 Å². The summed E-state index contributed by atoms with van der Waals surface area (Å²) in [5.74, 6) is -0.578. The molecule has 1 aromatic carbocycles. The first kappa shape index (κ1) is 16.5. The third kappa shape index (κ3) is 2.79. The molecule has 9 heteroatoms. The zero-order valence-electron chi connectivity index (χ0n) is 13.0. The molecule has 0 aliphatic rings. The van der Waals surface area contributed by atoms with Gasteiger partial charge in [0.1, 0.15) is 27.0 Å². The minimum absolute atomic E-state index is 0.257. The molecule has 128 valence electrons. The lowest BCUT2D eigenvalue weighted by atomic mass is 10.1. The largest absolute Gasteiger partial charge is 0.372 e. The number of hydrogen-bond donors (Lipinski definition) is 0. The van der Waals surface area contributed by atoms with Crippen molar-refractivity contribution in [1.82, 2.24) is 19.6 Å². The number of fused-ring (bicyclic) bond motifs is 1. The highest BCUT2D eigenvalue weighted by molar-refractivity contribution is 14.1. The molecule has 0 fully saturated rings. The number of benzene rings is 1. The maximum Gasteiger partial charge on any atom is 0.372 e. The van der Waals surface area contributed by atoms with E-state index in [0.717, 1.165) is 5.56 Å². The summed E-state index contributed by atoms with van der Waals surface area (Å²) in [6.07, 6.45) is 1.37. The molecule has 4 aromatic rings. The van der Waals surface area contributed by atoms with Crippen LogP contribution in [0, 0.1) is 19.6 Å². The van der Waals surface area contributed by atoms with Crippen molar-refractivity contribution in [1.29, 1.82) is 0 Å². The third-order valence-electron chi connectivity index (χ3n) is 3.78. The fourth-order valence-corrected chi connectivity index (χ4v) is 3.35. The van der Waals surface area contributed by atoms with Gasteiger partial charge in [0.2, 0.25) is 0 Å². The molecule has 7 nitrogen and oxygen atoms in total. The summed E-state index contributed by atoms with van der Waals surface area (Å²) >= 11 is 2.05. The number of rotatable bonds is 3. The van der Waals surface area contributed by atoms with Crippen molar-refractivity contribution in [3.05, 3.63) is 74.4 Å². The molecule has 0 aliphatic carbocycles. The van der Waals surface area contributed by atoms with E-state index in [2.05, 4.69) is 15.1 Å². The zero-order chi connectivity index (χ0) is 18.3. The van der Waals surface area contributed by atoms with Gasteiger partial charge in [-0.2, -0.15) is 5.10 Å². The molecule has 0 bridgehead atoms. The van der Waals surface area contributed by atoms with E-state index in [0.29, 0.717) is 26.3 Å². The summed E-state index contributed by atoms with van der Waals surface area (Å²) in [5.41, 5.74) is 2.71. The first-order valence-electron chi connectivity index (χ1n) is 7.45. The lowest BCUT2D eigenvalue weighted by Gasteiger charge is -2.02. The molecule has 0 unspecified atom stereocenters. The van der Waals surface area contributed by atoms with Crippen LogP contribution in [0.2, 0.25) is 0 Å². The maximum absolute atomic E-state index is 13.1. The van der Waals surface area contributed by atoms with Gasteiger partial charge in [0.05, 0.1) is 5.69 Å². The molecule has 0 amide bonds. The predicted molar refractivity (Wildman–Crippen MR) is 101 cm³/mol. The molecule has 4 rings (SSSR count). The van der Waals surface area contributed by atoms with Crippen LogP contribution in [0.4, 0.5) is 10.2 Å². The second-order valence-electron chi connectivity index (χ2n) is 5.38. The van der Waals surface area contributed by atoms with Gasteiger partial charge in [-0.1, -0.05) is 0 Å². The van der Waals surface area contributed by atoms with E-state index in [-0.39, 0.29) is 11.6 Å². The Morgan fingerprint density at radius 1 is 1.12 bits per heavy atom. The van der Waals surface area contributed by atoms with Crippen LogP contribution in [0.1, 0.15) is 0 Å². The van der Waals surface area contributed by atoms with E-state index in [9.17, 15) is 14.5 Å². The fraction of sp³-hybridized carbons (Fsp3) is 0. The predicted octanol–water partition coefficient (Wildman–Crippen LogP) is 4.11. The van der Waals surface area contributed by atoms with Crippen LogP contribution in [0.5, 0.6) is 0 Å². The van der Waals surface area contributed by atoms with E-state index in [1.165, 1.54) is 18.3 Å². The third-order valence-corrected chi connectivity index (χ3v) is 4.75. The molecular formula is C17H9FIN5O2. The van der Waals surface area contributed by atoms with Gasteiger partial charge < -0.3 is 10.1 Å². The standard InChI is InChI=1S/C17H9FIN5O2/c18-11-5-3-10(4-6-11)13-7-8-14-21-15(16(19)23(14)22-13)12-2-1-9-20-17(12)24(25)26/h1-9H. The number of imidazole rings is 1. The monoisotopic (exact) mass is 461 g/mol. The number of aromatic nitrogens is 4. The highest BCUT2D eigenvalue weighted by Crippen LogP contribution is 2.31. The van der Waals surface area contributed by atoms with E-state index in [1.807, 2.05) is 22.6 Å². The summed E-state index contributed by atoms with van der Waals surface area (Å²) in [7, 11) is 0. The van der Waals surface area contributed by atoms with Crippen LogP contribution >= 0.6 is 22.6 Å². The first-order chi connectivity index (χ1) is 12.5. The van der Waals surface area contributed by atoms with Crippen LogP contribution in [0.25, 0.3) is 28.2 Å². The minimum atomic E-state index is -0.535. The first-order valence-corrected chi connectivity index (χ1v) is 8.53. The van der Waals surface area contributed by atoms with Crippen LogP contribution in [-0.4, -0.2) is 24.5 Å². The molecule has 0 N–H and O–H groups in total. The van der Waals surface area contributed by atoms with Crippen LogP contribution in [0.3, 0.4) is 0 Å². The molecule has 0 aliphatic heterocycles. The van der Waals surface area contributed by atoms with Gasteiger partial charge in [0.15, 0.2) is 5.65 Å². The number of nitrogens with zero attached hydrogens (tertiary/aromatic N) is 5. The summed E-state index contributed by atoms with van der Waals surface area (Å²) in [5, 5.41) is 15.8. The van der Waals surface area contributed by atoms with Gasteiger partial charge in [0.25, 0.3) is 0 Å². The van der Waals surface area contributed by atoms with Crippen LogP contribution in [0.15, 0.2) is 54.7 Å². The molecule has 0 atom stereocenters. The Morgan fingerprint density at radius 2 is 1.88 bits per heavy atom. The van der Waals surface area contributed by atoms with Crippen LogP contribution < -0.4 is 0 Å². The van der Waals surface area contributed by atoms with Gasteiger partial charge in [-0.15, -0.1) is 0 Å².